The summed E-state index contributed by atoms with van der Waals surface area (Å²) in [5.41, 5.74) is 1.53. The van der Waals surface area contributed by atoms with Gasteiger partial charge in [0.05, 0.1) is 10.9 Å². The molecule has 0 aliphatic carbocycles. The molecule has 4 aromatic rings. The van der Waals surface area contributed by atoms with Crippen molar-refractivity contribution in [1.29, 1.82) is 0 Å². The Balaban J connectivity index is 1.60. The summed E-state index contributed by atoms with van der Waals surface area (Å²) < 4.78 is 5.92. The van der Waals surface area contributed by atoms with Crippen LogP contribution >= 0.6 is 11.6 Å². The van der Waals surface area contributed by atoms with E-state index in [9.17, 15) is 14.7 Å². The van der Waals surface area contributed by atoms with E-state index in [0.717, 1.165) is 16.3 Å². The predicted molar refractivity (Wildman–Crippen MR) is 117 cm³/mol. The maximum atomic E-state index is 12.2. The first-order chi connectivity index (χ1) is 14.2. The van der Waals surface area contributed by atoms with Crippen LogP contribution in [-0.2, 0) is 9.59 Å². The summed E-state index contributed by atoms with van der Waals surface area (Å²) in [6.45, 7) is 3.04. The Labute approximate surface area is 177 Å². The lowest BCUT2D eigenvalue weighted by molar-refractivity contribution is -0.148. The molecule has 1 amide bonds. The second kappa shape index (κ2) is 7.46. The zero-order valence-corrected chi connectivity index (χ0v) is 17.2. The molecule has 2 aromatic carbocycles. The summed E-state index contributed by atoms with van der Waals surface area (Å²) in [4.78, 5) is 28.1. The van der Waals surface area contributed by atoms with Gasteiger partial charge in [-0.3, -0.25) is 9.59 Å². The van der Waals surface area contributed by atoms with Gasteiger partial charge in [0.2, 0.25) is 5.91 Å². The fourth-order valence-corrected chi connectivity index (χ4v) is 3.32. The van der Waals surface area contributed by atoms with Crippen molar-refractivity contribution in [3.05, 3.63) is 59.6 Å². The topological polar surface area (TPSA) is 92.4 Å². The second-order valence-corrected chi connectivity index (χ2v) is 8.25. The first kappa shape index (κ1) is 19.9. The molecule has 0 bridgehead atoms. The minimum Gasteiger partial charge on any atom is -0.481 e. The molecule has 0 aliphatic heterocycles. The van der Waals surface area contributed by atoms with Crippen LogP contribution in [0.15, 0.2) is 59.0 Å². The molecule has 2 aromatic heterocycles. The van der Waals surface area contributed by atoms with Gasteiger partial charge in [-0.05, 0) is 56.3 Å². The van der Waals surface area contributed by atoms with E-state index in [0.29, 0.717) is 27.7 Å². The summed E-state index contributed by atoms with van der Waals surface area (Å²) >= 11 is 6.07. The zero-order valence-electron chi connectivity index (χ0n) is 16.4. The summed E-state index contributed by atoms with van der Waals surface area (Å²) in [5.74, 6) is -0.780. The molecule has 0 saturated carbocycles. The number of benzene rings is 2. The number of hydrogen-bond acceptors (Lipinski definition) is 4. The molecule has 0 radical (unpaired) electrons. The Morgan fingerprint density at radius 2 is 1.83 bits per heavy atom. The molecule has 2 N–H and O–H groups in total. The lowest BCUT2D eigenvalue weighted by Gasteiger charge is -2.18. The maximum absolute atomic E-state index is 12.2. The molecule has 152 valence electrons. The largest absolute Gasteiger partial charge is 0.481 e. The summed E-state index contributed by atoms with van der Waals surface area (Å²) in [6.07, 6.45) is -0.124. The monoisotopic (exact) mass is 422 g/mol. The molecule has 6 nitrogen and oxygen atoms in total. The van der Waals surface area contributed by atoms with Gasteiger partial charge in [0.1, 0.15) is 11.3 Å². The quantitative estimate of drug-likeness (QED) is 0.427. The minimum absolute atomic E-state index is 0.124. The Morgan fingerprint density at radius 3 is 2.60 bits per heavy atom. The summed E-state index contributed by atoms with van der Waals surface area (Å²) in [7, 11) is 0. The third kappa shape index (κ3) is 4.00. The number of nitrogens with zero attached hydrogens (tertiary/aromatic N) is 1. The van der Waals surface area contributed by atoms with Crippen molar-refractivity contribution in [1.82, 2.24) is 4.98 Å². The number of carbonyl (C=O) groups is 2. The Hall–Kier alpha value is -3.38. The van der Waals surface area contributed by atoms with E-state index in [1.54, 1.807) is 24.3 Å². The highest BCUT2D eigenvalue weighted by Gasteiger charge is 2.30. The van der Waals surface area contributed by atoms with Crippen LogP contribution in [0, 0.1) is 5.41 Å². The van der Waals surface area contributed by atoms with E-state index in [-0.39, 0.29) is 12.3 Å². The third-order valence-electron chi connectivity index (χ3n) is 4.89. The molecule has 30 heavy (non-hydrogen) atoms. The number of fused-ring (bicyclic) bond motifs is 2. The van der Waals surface area contributed by atoms with E-state index in [4.69, 9.17) is 16.0 Å². The Morgan fingerprint density at radius 1 is 1.07 bits per heavy atom. The number of halogens is 1. The van der Waals surface area contributed by atoms with Crippen LogP contribution in [0.4, 0.5) is 5.69 Å². The van der Waals surface area contributed by atoms with Crippen molar-refractivity contribution in [2.75, 3.05) is 5.32 Å². The Kier molecular flexibility index (Phi) is 4.95. The smallest absolute Gasteiger partial charge is 0.309 e. The first-order valence-electron chi connectivity index (χ1n) is 9.35. The van der Waals surface area contributed by atoms with Gasteiger partial charge in [0.15, 0.2) is 5.76 Å². The van der Waals surface area contributed by atoms with Gasteiger partial charge < -0.3 is 14.8 Å². The normalized spacial score (nSPS) is 11.7. The predicted octanol–water partition coefficient (Wildman–Crippen LogP) is 5.74. The van der Waals surface area contributed by atoms with E-state index in [1.165, 1.54) is 13.8 Å². The molecule has 2 heterocycles. The molecule has 0 atom stereocenters. The molecule has 0 unspecified atom stereocenters. The number of nitrogens with one attached hydrogen (secondary N) is 1. The highest BCUT2D eigenvalue weighted by molar-refractivity contribution is 6.31. The van der Waals surface area contributed by atoms with E-state index in [1.807, 2.05) is 30.3 Å². The number of amides is 1. The fourth-order valence-electron chi connectivity index (χ4n) is 3.16. The summed E-state index contributed by atoms with van der Waals surface area (Å²) in [6, 6.07) is 16.5. The summed E-state index contributed by atoms with van der Waals surface area (Å²) in [5, 5.41) is 14.3. The van der Waals surface area contributed by atoms with Gasteiger partial charge in [0.25, 0.3) is 0 Å². The minimum atomic E-state index is -1.14. The number of pyridine rings is 1. The van der Waals surface area contributed by atoms with Crippen LogP contribution in [0.3, 0.4) is 0 Å². The van der Waals surface area contributed by atoms with Gasteiger partial charge in [0, 0.05) is 27.9 Å². The van der Waals surface area contributed by atoms with E-state index in [2.05, 4.69) is 10.3 Å². The van der Waals surface area contributed by atoms with Gasteiger partial charge >= 0.3 is 5.97 Å². The average Bonchev–Trinajstić information content (AvgIpc) is 3.10. The number of carboxylic acids is 1. The van der Waals surface area contributed by atoms with Crippen molar-refractivity contribution in [3.63, 3.8) is 0 Å². The number of furan rings is 1. The standard InChI is InChI=1S/C23H19ClN2O4/c1-23(2,22(28)29)12-21(27)25-16-6-8-19-14(9-16)10-20(30-19)17-7-4-13-3-5-15(24)11-18(13)26-17/h3-11H,12H2,1-2H3,(H,25,27)(H,28,29). The average molecular weight is 423 g/mol. The maximum Gasteiger partial charge on any atom is 0.309 e. The van der Waals surface area contributed by atoms with Crippen molar-refractivity contribution >= 4 is 51.0 Å². The van der Waals surface area contributed by atoms with Crippen molar-refractivity contribution < 1.29 is 19.1 Å². The molecule has 0 fully saturated rings. The lowest BCUT2D eigenvalue weighted by Crippen LogP contribution is -2.29. The fraction of sp³-hybridized carbons (Fsp3) is 0.174. The van der Waals surface area contributed by atoms with Gasteiger partial charge in [-0.2, -0.15) is 0 Å². The van der Waals surface area contributed by atoms with E-state index < -0.39 is 11.4 Å². The van der Waals surface area contributed by atoms with Crippen LogP contribution in [-0.4, -0.2) is 22.0 Å². The van der Waals surface area contributed by atoms with Crippen LogP contribution in [0.5, 0.6) is 0 Å². The molecule has 0 spiro atoms. The number of aliphatic carboxylic acids is 1. The third-order valence-corrected chi connectivity index (χ3v) is 5.12. The molecular weight excluding hydrogens is 404 g/mol. The highest BCUT2D eigenvalue weighted by Crippen LogP contribution is 2.30. The lowest BCUT2D eigenvalue weighted by atomic mass is 9.89. The molecular formula is C23H19ClN2O4. The van der Waals surface area contributed by atoms with Gasteiger partial charge in [-0.1, -0.05) is 23.7 Å². The van der Waals surface area contributed by atoms with Crippen LogP contribution in [0.2, 0.25) is 5.02 Å². The number of carbonyl (C=O) groups excluding carboxylic acids is 1. The van der Waals surface area contributed by atoms with E-state index >= 15 is 0 Å². The number of carboxylic acid groups (broad SMARTS) is 1. The SMILES string of the molecule is CC(C)(CC(=O)Nc1ccc2oc(-c3ccc4ccc(Cl)cc4n3)cc2c1)C(=O)O. The first-order valence-corrected chi connectivity index (χ1v) is 9.73. The zero-order chi connectivity index (χ0) is 21.5. The number of aromatic nitrogens is 1. The van der Waals surface area contributed by atoms with Crippen LogP contribution in [0.1, 0.15) is 20.3 Å². The molecule has 7 heteroatoms. The second-order valence-electron chi connectivity index (χ2n) is 7.81. The van der Waals surface area contributed by atoms with Crippen molar-refractivity contribution in [2.24, 2.45) is 5.41 Å². The van der Waals surface area contributed by atoms with Crippen molar-refractivity contribution in [2.45, 2.75) is 20.3 Å². The van der Waals surface area contributed by atoms with Gasteiger partial charge in [-0.15, -0.1) is 0 Å². The molecule has 4 rings (SSSR count). The molecule has 0 saturated heterocycles. The number of anilines is 1. The Bertz CT molecular complexity index is 1290. The molecule has 0 aliphatic rings. The van der Waals surface area contributed by atoms with Crippen LogP contribution < -0.4 is 5.32 Å². The van der Waals surface area contributed by atoms with Gasteiger partial charge in [-0.25, -0.2) is 4.98 Å². The van der Waals surface area contributed by atoms with Crippen LogP contribution in [0.25, 0.3) is 33.3 Å². The highest BCUT2D eigenvalue weighted by atomic mass is 35.5. The van der Waals surface area contributed by atoms with Crippen molar-refractivity contribution in [3.8, 4) is 11.5 Å². The number of rotatable bonds is 5. The number of hydrogen-bond donors (Lipinski definition) is 2.